The first-order valence-electron chi connectivity index (χ1n) is 15.5. The van der Waals surface area contributed by atoms with Gasteiger partial charge in [0.05, 0.1) is 25.7 Å². The van der Waals surface area contributed by atoms with Crippen molar-refractivity contribution in [1.82, 2.24) is 31.2 Å². The summed E-state index contributed by atoms with van der Waals surface area (Å²) in [6.07, 6.45) is 4.22. The van der Waals surface area contributed by atoms with Gasteiger partial charge in [-0.3, -0.25) is 19.3 Å². The third-order valence-electron chi connectivity index (χ3n) is 6.84. The van der Waals surface area contributed by atoms with Crippen LogP contribution in [0.1, 0.15) is 30.9 Å². The number of likely N-dealkylation sites (N-methyl/N-ethyl adjacent to an activating group) is 2. The lowest BCUT2D eigenvalue weighted by atomic mass is 10.0. The van der Waals surface area contributed by atoms with Gasteiger partial charge in [0.15, 0.2) is 0 Å². The second-order valence-corrected chi connectivity index (χ2v) is 11.1. The molecule has 46 heavy (non-hydrogen) atoms. The molecule has 0 radical (unpaired) electrons. The van der Waals surface area contributed by atoms with Crippen molar-refractivity contribution in [2.75, 3.05) is 53.4 Å². The number of hydrazine groups is 1. The normalized spacial score (nSPS) is 12.6. The number of aldehydes is 1. The molecule has 0 saturated heterocycles. The molecule has 2 atom stereocenters. The van der Waals surface area contributed by atoms with Crippen LogP contribution in [0.5, 0.6) is 5.75 Å². The fraction of sp³-hybridized carbons (Fsp3) is 0.455. The maximum Gasteiger partial charge on any atom is 0.242 e. The lowest BCUT2D eigenvalue weighted by molar-refractivity contribution is -0.129. The summed E-state index contributed by atoms with van der Waals surface area (Å²) in [4.78, 5) is 50.6. The van der Waals surface area contributed by atoms with Crippen molar-refractivity contribution >= 4 is 24.0 Å². The first-order valence-corrected chi connectivity index (χ1v) is 15.5. The number of nitrogens with two attached hydrogens (primary N) is 2. The molecule has 2 aromatic rings. The number of benzene rings is 2. The van der Waals surface area contributed by atoms with Crippen LogP contribution in [-0.2, 0) is 32.0 Å². The minimum absolute atomic E-state index is 0.0972. The molecule has 0 heterocycles. The zero-order valence-electron chi connectivity index (χ0n) is 27.2. The molecule has 2 rings (SSSR count). The van der Waals surface area contributed by atoms with Gasteiger partial charge < -0.3 is 41.5 Å². The number of carbonyl (C=O) groups is 4. The molecule has 0 aliphatic heterocycles. The number of hydrogen-bond acceptors (Lipinski definition) is 10. The van der Waals surface area contributed by atoms with Crippen molar-refractivity contribution in [3.8, 4) is 5.75 Å². The van der Waals surface area contributed by atoms with Gasteiger partial charge in [0.1, 0.15) is 24.7 Å². The Morgan fingerprint density at radius 3 is 2.35 bits per heavy atom. The molecule has 0 saturated carbocycles. The van der Waals surface area contributed by atoms with E-state index in [9.17, 15) is 19.2 Å². The Kier molecular flexibility index (Phi) is 17.5. The van der Waals surface area contributed by atoms with Gasteiger partial charge in [-0.15, -0.1) is 0 Å². The van der Waals surface area contributed by atoms with Crippen LogP contribution in [0.4, 0.5) is 0 Å². The SMILES string of the molecule is CCCN(C)CC(=O)N[C@@H](Cc1ccccc1)C(=O)NCCc1ccc(OCCN(N)/C=C(\N)CC(C=O)NC(=O)CNC)cc1. The monoisotopic (exact) mass is 638 g/mol. The molecule has 0 aromatic heterocycles. The number of nitrogens with zero attached hydrogens (tertiary/aromatic N) is 2. The van der Waals surface area contributed by atoms with Gasteiger partial charge in [-0.2, -0.15) is 0 Å². The summed E-state index contributed by atoms with van der Waals surface area (Å²) in [6, 6.07) is 15.7. The molecule has 8 N–H and O–H groups in total. The Morgan fingerprint density at radius 1 is 0.978 bits per heavy atom. The van der Waals surface area contributed by atoms with E-state index in [1.54, 1.807) is 7.05 Å². The minimum atomic E-state index is -0.743. The molecule has 0 aliphatic rings. The Morgan fingerprint density at radius 2 is 1.70 bits per heavy atom. The molecule has 0 aliphatic carbocycles. The predicted molar refractivity (Wildman–Crippen MR) is 178 cm³/mol. The summed E-state index contributed by atoms with van der Waals surface area (Å²) in [5, 5.41) is 12.5. The van der Waals surface area contributed by atoms with Gasteiger partial charge >= 0.3 is 0 Å². The zero-order chi connectivity index (χ0) is 33.7. The van der Waals surface area contributed by atoms with Crippen LogP contribution < -0.4 is 37.6 Å². The van der Waals surface area contributed by atoms with Crippen LogP contribution in [0, 0.1) is 0 Å². The molecule has 252 valence electrons. The van der Waals surface area contributed by atoms with Crippen LogP contribution in [-0.4, -0.2) is 99.4 Å². The van der Waals surface area contributed by atoms with E-state index in [4.69, 9.17) is 16.3 Å². The lowest BCUT2D eigenvalue weighted by Gasteiger charge is -2.21. The predicted octanol–water partition coefficient (Wildman–Crippen LogP) is 0.0624. The third-order valence-corrected chi connectivity index (χ3v) is 6.84. The molecule has 2 aromatic carbocycles. The summed E-state index contributed by atoms with van der Waals surface area (Å²) in [5.74, 6) is 5.93. The van der Waals surface area contributed by atoms with Crippen molar-refractivity contribution in [3.05, 3.63) is 77.6 Å². The Balaban J connectivity index is 1.80. The highest BCUT2D eigenvalue weighted by Gasteiger charge is 2.21. The molecule has 3 amide bonds. The average molecular weight is 639 g/mol. The maximum atomic E-state index is 13.1. The quantitative estimate of drug-likeness (QED) is 0.0586. The number of carbonyl (C=O) groups excluding carboxylic acids is 4. The third kappa shape index (κ3) is 15.5. The van der Waals surface area contributed by atoms with Crippen molar-refractivity contribution in [2.45, 2.75) is 44.7 Å². The van der Waals surface area contributed by atoms with E-state index in [2.05, 4.69) is 28.2 Å². The highest BCUT2D eigenvalue weighted by molar-refractivity contribution is 5.88. The van der Waals surface area contributed by atoms with Gasteiger partial charge in [-0.25, -0.2) is 5.84 Å². The number of ether oxygens (including phenoxy) is 1. The highest BCUT2D eigenvalue weighted by Crippen LogP contribution is 2.13. The van der Waals surface area contributed by atoms with Gasteiger partial charge in [0, 0.05) is 31.3 Å². The zero-order valence-corrected chi connectivity index (χ0v) is 27.2. The van der Waals surface area contributed by atoms with Crippen LogP contribution in [0.3, 0.4) is 0 Å². The minimum Gasteiger partial charge on any atom is -0.492 e. The van der Waals surface area contributed by atoms with Crippen molar-refractivity contribution in [2.24, 2.45) is 11.6 Å². The molecular formula is C33H50N8O5. The van der Waals surface area contributed by atoms with Crippen molar-refractivity contribution in [3.63, 3.8) is 0 Å². The number of hydrogen-bond donors (Lipinski definition) is 6. The van der Waals surface area contributed by atoms with E-state index in [0.29, 0.717) is 43.7 Å². The average Bonchev–Trinajstić information content (AvgIpc) is 3.01. The standard InChI is InChI=1S/C33H50N8O5/c1-4-16-40(3)23-32(44)39-30(19-26-8-6-5-7-9-26)33(45)37-15-14-25-10-12-29(13-11-25)46-18-17-41(35)22-27(34)20-28(24-42)38-31(43)21-36-2/h5-13,22,24,28,30,36H,4,14-21,23,34-35H2,1-3H3,(H,37,45)(H,38,43)(H,39,44)/b27-22-/t28?,30-/m0/s1. The molecule has 13 nitrogen and oxygen atoms in total. The Bertz CT molecular complexity index is 1240. The second kappa shape index (κ2) is 21.3. The van der Waals surface area contributed by atoms with Crippen LogP contribution >= 0.6 is 0 Å². The molecular weight excluding hydrogens is 588 g/mol. The summed E-state index contributed by atoms with van der Waals surface area (Å²) in [5.41, 5.74) is 8.31. The maximum absolute atomic E-state index is 13.1. The van der Waals surface area contributed by atoms with E-state index in [1.807, 2.05) is 66.5 Å². The fourth-order valence-corrected chi connectivity index (χ4v) is 4.62. The van der Waals surface area contributed by atoms with Crippen LogP contribution in [0.15, 0.2) is 66.5 Å². The molecule has 0 fully saturated rings. The molecule has 1 unspecified atom stereocenters. The Labute approximate surface area is 272 Å². The lowest BCUT2D eigenvalue weighted by Crippen LogP contribution is -2.50. The second-order valence-electron chi connectivity index (χ2n) is 11.1. The first-order chi connectivity index (χ1) is 22.1. The Hall–Kier alpha value is -4.46. The van der Waals surface area contributed by atoms with E-state index in [-0.39, 0.29) is 43.8 Å². The summed E-state index contributed by atoms with van der Waals surface area (Å²) >= 11 is 0. The molecule has 13 heteroatoms. The van der Waals surface area contributed by atoms with Gasteiger partial charge in [-0.1, -0.05) is 49.4 Å². The topological polar surface area (TPSA) is 184 Å². The van der Waals surface area contributed by atoms with E-state index in [0.717, 1.165) is 24.1 Å². The number of nitrogens with one attached hydrogen (secondary N) is 4. The highest BCUT2D eigenvalue weighted by atomic mass is 16.5. The number of amides is 3. The van der Waals surface area contributed by atoms with Gasteiger partial charge in [0.2, 0.25) is 17.7 Å². The summed E-state index contributed by atoms with van der Waals surface area (Å²) < 4.78 is 5.78. The molecule has 0 bridgehead atoms. The van der Waals surface area contributed by atoms with Crippen LogP contribution in [0.25, 0.3) is 0 Å². The van der Waals surface area contributed by atoms with E-state index < -0.39 is 12.1 Å². The summed E-state index contributed by atoms with van der Waals surface area (Å²) in [6.45, 7) is 4.22. The largest absolute Gasteiger partial charge is 0.492 e. The van der Waals surface area contributed by atoms with E-state index >= 15 is 0 Å². The molecule has 0 spiro atoms. The van der Waals surface area contributed by atoms with Crippen LogP contribution in [0.2, 0.25) is 0 Å². The fourth-order valence-electron chi connectivity index (χ4n) is 4.62. The summed E-state index contributed by atoms with van der Waals surface area (Å²) in [7, 11) is 3.52. The van der Waals surface area contributed by atoms with Gasteiger partial charge in [0.25, 0.3) is 0 Å². The van der Waals surface area contributed by atoms with Gasteiger partial charge in [-0.05, 0) is 56.7 Å². The number of rotatable bonds is 22. The first kappa shape index (κ1) is 37.7. The van der Waals surface area contributed by atoms with Crippen molar-refractivity contribution in [1.29, 1.82) is 0 Å². The van der Waals surface area contributed by atoms with Crippen molar-refractivity contribution < 1.29 is 23.9 Å². The van der Waals surface area contributed by atoms with E-state index in [1.165, 1.54) is 11.2 Å². The smallest absolute Gasteiger partial charge is 0.242 e.